The fourth-order valence-corrected chi connectivity index (χ4v) is 2.39. The minimum absolute atomic E-state index is 0.150. The number of benzene rings is 2. The van der Waals surface area contributed by atoms with E-state index in [-0.39, 0.29) is 18.1 Å². The second kappa shape index (κ2) is 6.58. The van der Waals surface area contributed by atoms with Crippen LogP contribution in [0.2, 0.25) is 0 Å². The van der Waals surface area contributed by atoms with E-state index in [2.05, 4.69) is 0 Å². The maximum absolute atomic E-state index is 12.8. The lowest BCUT2D eigenvalue weighted by atomic mass is 10.1. The Bertz CT molecular complexity index is 941. The van der Waals surface area contributed by atoms with E-state index < -0.39 is 11.6 Å². The molecule has 2 aromatic carbocycles. The Morgan fingerprint density at radius 3 is 2.58 bits per heavy atom. The summed E-state index contributed by atoms with van der Waals surface area (Å²) in [5, 5.41) is 0.347. The number of hydrogen-bond acceptors (Lipinski definition) is 5. The monoisotopic (exact) mass is 324 g/mol. The summed E-state index contributed by atoms with van der Waals surface area (Å²) in [4.78, 5) is 24.5. The molecule has 122 valence electrons. The zero-order chi connectivity index (χ0) is 17.1. The lowest BCUT2D eigenvalue weighted by molar-refractivity contribution is 0.103. The fraction of sp³-hybridized carbons (Fsp3) is 0.158. The van der Waals surface area contributed by atoms with Gasteiger partial charge in [0.1, 0.15) is 5.58 Å². The van der Waals surface area contributed by atoms with Crippen molar-refractivity contribution in [1.82, 2.24) is 0 Å². The molecular weight excluding hydrogens is 308 g/mol. The van der Waals surface area contributed by atoms with Gasteiger partial charge in [0.15, 0.2) is 5.76 Å². The molecule has 24 heavy (non-hydrogen) atoms. The zero-order valence-electron chi connectivity index (χ0n) is 13.4. The van der Waals surface area contributed by atoms with Crippen LogP contribution in [0, 0.1) is 6.92 Å². The molecule has 0 saturated heterocycles. The van der Waals surface area contributed by atoms with Gasteiger partial charge in [-0.05, 0) is 31.5 Å². The predicted octanol–water partition coefficient (Wildman–Crippen LogP) is 4.30. The van der Waals surface area contributed by atoms with Crippen molar-refractivity contribution < 1.29 is 18.7 Å². The summed E-state index contributed by atoms with van der Waals surface area (Å²) in [7, 11) is 0. The van der Waals surface area contributed by atoms with Gasteiger partial charge in [-0.15, -0.1) is 0 Å². The molecule has 0 fully saturated rings. The number of hydrogen-bond donors (Lipinski definition) is 0. The second-order valence-corrected chi connectivity index (χ2v) is 5.24. The second-order valence-electron chi connectivity index (χ2n) is 5.24. The zero-order valence-corrected chi connectivity index (χ0v) is 13.4. The van der Waals surface area contributed by atoms with Crippen molar-refractivity contribution in [1.29, 1.82) is 0 Å². The van der Waals surface area contributed by atoms with Crippen molar-refractivity contribution in [3.05, 3.63) is 64.3 Å². The standard InChI is InChI=1S/C19H16O5/c1-3-22-19(21)24-18-16(20)14-10-9-12(2)11-15(14)23-17(18)13-7-5-4-6-8-13/h4-11H,3H2,1-2H3. The molecule has 0 amide bonds. The first-order valence-electron chi connectivity index (χ1n) is 7.57. The Hall–Kier alpha value is -3.08. The van der Waals surface area contributed by atoms with Gasteiger partial charge in [0.2, 0.25) is 11.2 Å². The molecule has 5 heteroatoms. The lowest BCUT2D eigenvalue weighted by Crippen LogP contribution is -2.17. The minimum Gasteiger partial charge on any atom is -0.452 e. The van der Waals surface area contributed by atoms with Crippen LogP contribution < -0.4 is 10.2 Å². The smallest absolute Gasteiger partial charge is 0.452 e. The third-order valence-corrected chi connectivity index (χ3v) is 3.49. The SMILES string of the molecule is CCOC(=O)Oc1c(-c2ccccc2)oc2cc(C)ccc2c1=O. The van der Waals surface area contributed by atoms with Gasteiger partial charge in [-0.1, -0.05) is 36.4 Å². The van der Waals surface area contributed by atoms with E-state index >= 15 is 0 Å². The summed E-state index contributed by atoms with van der Waals surface area (Å²) in [5.74, 6) is 0.0303. The Labute approximate surface area is 138 Å². The minimum atomic E-state index is -0.937. The number of fused-ring (bicyclic) bond motifs is 1. The predicted molar refractivity (Wildman–Crippen MR) is 90.3 cm³/mol. The lowest BCUT2D eigenvalue weighted by Gasteiger charge is -2.10. The summed E-state index contributed by atoms with van der Waals surface area (Å²) >= 11 is 0. The van der Waals surface area contributed by atoms with Crippen LogP contribution in [0.25, 0.3) is 22.3 Å². The Morgan fingerprint density at radius 1 is 1.12 bits per heavy atom. The highest BCUT2D eigenvalue weighted by atomic mass is 16.7. The molecule has 0 bridgehead atoms. The van der Waals surface area contributed by atoms with Crippen LogP contribution in [-0.4, -0.2) is 12.8 Å². The van der Waals surface area contributed by atoms with Crippen LogP contribution >= 0.6 is 0 Å². The van der Waals surface area contributed by atoms with Crippen LogP contribution in [0.3, 0.4) is 0 Å². The average molecular weight is 324 g/mol. The van der Waals surface area contributed by atoms with Gasteiger partial charge in [-0.2, -0.15) is 0 Å². The highest BCUT2D eigenvalue weighted by Crippen LogP contribution is 2.31. The molecule has 0 spiro atoms. The van der Waals surface area contributed by atoms with Crippen LogP contribution in [-0.2, 0) is 4.74 Å². The fourth-order valence-electron chi connectivity index (χ4n) is 2.39. The number of ether oxygens (including phenoxy) is 2. The van der Waals surface area contributed by atoms with Crippen LogP contribution in [0.15, 0.2) is 57.7 Å². The maximum atomic E-state index is 12.8. The van der Waals surface area contributed by atoms with Crippen molar-refractivity contribution in [3.8, 4) is 17.1 Å². The Kier molecular flexibility index (Phi) is 4.33. The Balaban J connectivity index is 2.26. The molecule has 0 aliphatic rings. The summed E-state index contributed by atoms with van der Waals surface area (Å²) in [6.07, 6.45) is -0.937. The van der Waals surface area contributed by atoms with Crippen LogP contribution in [0.5, 0.6) is 5.75 Å². The first-order chi connectivity index (χ1) is 11.6. The molecule has 1 heterocycles. The first kappa shape index (κ1) is 15.8. The van der Waals surface area contributed by atoms with Gasteiger partial charge >= 0.3 is 6.16 Å². The molecule has 0 saturated carbocycles. The van der Waals surface area contributed by atoms with Crippen molar-refractivity contribution in [2.24, 2.45) is 0 Å². The van der Waals surface area contributed by atoms with E-state index in [1.807, 2.05) is 25.1 Å². The van der Waals surface area contributed by atoms with Crippen molar-refractivity contribution >= 4 is 17.1 Å². The van der Waals surface area contributed by atoms with E-state index in [1.54, 1.807) is 37.3 Å². The maximum Gasteiger partial charge on any atom is 0.514 e. The third kappa shape index (κ3) is 3.01. The highest BCUT2D eigenvalue weighted by molar-refractivity contribution is 5.83. The quantitative estimate of drug-likeness (QED) is 0.672. The van der Waals surface area contributed by atoms with Gasteiger partial charge in [0.25, 0.3) is 0 Å². The average Bonchev–Trinajstić information content (AvgIpc) is 2.58. The van der Waals surface area contributed by atoms with Gasteiger partial charge in [-0.3, -0.25) is 4.79 Å². The van der Waals surface area contributed by atoms with Gasteiger partial charge in [-0.25, -0.2) is 4.79 Å². The molecule has 0 aliphatic carbocycles. The van der Waals surface area contributed by atoms with E-state index in [1.165, 1.54) is 0 Å². The van der Waals surface area contributed by atoms with E-state index in [0.717, 1.165) is 5.56 Å². The van der Waals surface area contributed by atoms with Crippen LogP contribution in [0.4, 0.5) is 4.79 Å². The van der Waals surface area contributed by atoms with Crippen molar-refractivity contribution in [2.45, 2.75) is 13.8 Å². The largest absolute Gasteiger partial charge is 0.514 e. The molecule has 5 nitrogen and oxygen atoms in total. The van der Waals surface area contributed by atoms with E-state index in [9.17, 15) is 9.59 Å². The molecule has 0 unspecified atom stereocenters. The molecule has 0 aliphatic heterocycles. The highest BCUT2D eigenvalue weighted by Gasteiger charge is 2.21. The molecule has 0 radical (unpaired) electrons. The van der Waals surface area contributed by atoms with E-state index in [4.69, 9.17) is 13.9 Å². The van der Waals surface area contributed by atoms with Crippen molar-refractivity contribution in [3.63, 3.8) is 0 Å². The summed E-state index contributed by atoms with van der Waals surface area (Å²) in [5.41, 5.74) is 1.62. The first-order valence-corrected chi connectivity index (χ1v) is 7.57. The van der Waals surface area contributed by atoms with E-state index in [0.29, 0.717) is 16.5 Å². The number of aryl methyl sites for hydroxylation is 1. The van der Waals surface area contributed by atoms with Gasteiger partial charge < -0.3 is 13.9 Å². The molecule has 0 atom stereocenters. The molecule has 1 aromatic heterocycles. The van der Waals surface area contributed by atoms with Crippen molar-refractivity contribution in [2.75, 3.05) is 6.61 Å². The van der Waals surface area contributed by atoms with Gasteiger partial charge in [0, 0.05) is 5.56 Å². The molecule has 3 aromatic rings. The number of carbonyl (C=O) groups excluding carboxylic acids is 1. The number of rotatable bonds is 3. The van der Waals surface area contributed by atoms with Crippen LogP contribution in [0.1, 0.15) is 12.5 Å². The topological polar surface area (TPSA) is 65.7 Å². The molecule has 0 N–H and O–H groups in total. The summed E-state index contributed by atoms with van der Waals surface area (Å²) in [6.45, 7) is 3.72. The third-order valence-electron chi connectivity index (χ3n) is 3.49. The normalized spacial score (nSPS) is 10.6. The van der Waals surface area contributed by atoms with Gasteiger partial charge in [0.05, 0.1) is 12.0 Å². The molecular formula is C19H16O5. The number of carbonyl (C=O) groups is 1. The summed E-state index contributed by atoms with van der Waals surface area (Å²) in [6, 6.07) is 14.2. The molecule has 3 rings (SSSR count). The Morgan fingerprint density at radius 2 is 1.88 bits per heavy atom. The summed E-state index contributed by atoms with van der Waals surface area (Å²) < 4.78 is 15.8.